The third kappa shape index (κ3) is 4.25. The smallest absolute Gasteiger partial charge is 0.229 e. The number of aryl methyl sites for hydroxylation is 1. The van der Waals surface area contributed by atoms with Gasteiger partial charge in [0.05, 0.1) is 27.7 Å². The second-order valence-electron chi connectivity index (χ2n) is 9.91. The van der Waals surface area contributed by atoms with E-state index in [0.29, 0.717) is 22.9 Å². The number of hydrogen-bond acceptors (Lipinski definition) is 7. The summed E-state index contributed by atoms with van der Waals surface area (Å²) >= 11 is 1.69. The number of aromatic amines is 2. The molecule has 184 valence electrons. The van der Waals surface area contributed by atoms with E-state index in [9.17, 15) is 4.79 Å². The largest absolute Gasteiger partial charge is 0.336 e. The number of thiophene rings is 1. The van der Waals surface area contributed by atoms with Crippen molar-refractivity contribution < 1.29 is 4.79 Å². The molecule has 0 aliphatic carbocycles. The lowest BCUT2D eigenvalue weighted by Crippen LogP contribution is -2.27. The maximum Gasteiger partial charge on any atom is 0.229 e. The lowest BCUT2D eigenvalue weighted by molar-refractivity contribution is -0.123. The molecule has 6 rings (SSSR count). The van der Waals surface area contributed by atoms with Crippen LogP contribution in [0.5, 0.6) is 0 Å². The molecule has 0 bridgehead atoms. The summed E-state index contributed by atoms with van der Waals surface area (Å²) in [6.07, 6.45) is 6.93. The number of pyridine rings is 3. The topological polar surface area (TPSA) is 125 Å². The molecule has 9 nitrogen and oxygen atoms in total. The maximum absolute atomic E-state index is 12.4. The highest BCUT2D eigenvalue weighted by Gasteiger charge is 2.22. The highest BCUT2D eigenvalue weighted by molar-refractivity contribution is 7.15. The first-order valence-corrected chi connectivity index (χ1v) is 12.6. The third-order valence-corrected chi connectivity index (χ3v) is 7.03. The Morgan fingerprint density at radius 3 is 2.62 bits per heavy atom. The summed E-state index contributed by atoms with van der Waals surface area (Å²) in [5, 5.41) is 11.3. The normalized spacial score (nSPS) is 11.9. The number of aromatic nitrogens is 7. The summed E-state index contributed by atoms with van der Waals surface area (Å²) in [7, 11) is 0. The van der Waals surface area contributed by atoms with E-state index in [1.165, 1.54) is 4.88 Å². The molecule has 6 aromatic rings. The average Bonchev–Trinajstić information content (AvgIpc) is 3.60. The van der Waals surface area contributed by atoms with Gasteiger partial charge < -0.3 is 10.3 Å². The van der Waals surface area contributed by atoms with Crippen molar-refractivity contribution >= 4 is 45.0 Å². The molecule has 0 saturated heterocycles. The summed E-state index contributed by atoms with van der Waals surface area (Å²) in [6.45, 7) is 7.69. The van der Waals surface area contributed by atoms with Crippen LogP contribution in [0.15, 0.2) is 55.1 Å². The highest BCUT2D eigenvalue weighted by atomic mass is 32.1. The van der Waals surface area contributed by atoms with Crippen molar-refractivity contribution in [2.45, 2.75) is 27.7 Å². The van der Waals surface area contributed by atoms with Crippen molar-refractivity contribution in [1.29, 1.82) is 0 Å². The zero-order valence-electron chi connectivity index (χ0n) is 20.7. The van der Waals surface area contributed by atoms with Crippen molar-refractivity contribution in [3.63, 3.8) is 0 Å². The Morgan fingerprint density at radius 2 is 1.84 bits per heavy atom. The number of nitrogens with zero attached hydrogens (tertiary/aromatic N) is 5. The Kier molecular flexibility index (Phi) is 5.34. The standard InChI is InChI=1S/C27H24N8OS/c1-14-5-6-20(37-14)23-22-19(7-8-29-23)32-25(33-22)21-18-10-16(12-30-24(18)35-34-21)15-9-17(13-28-11-15)31-26(36)27(2,3)4/h5-13H,1-4H3,(H,31,36)(H,32,33)(H,30,34,35). The van der Waals surface area contributed by atoms with Crippen LogP contribution in [0.2, 0.25) is 0 Å². The van der Waals surface area contributed by atoms with E-state index < -0.39 is 5.41 Å². The zero-order valence-corrected chi connectivity index (χ0v) is 21.6. The van der Waals surface area contributed by atoms with Crippen molar-refractivity contribution in [2.24, 2.45) is 5.41 Å². The van der Waals surface area contributed by atoms with Crippen LogP contribution in [0, 0.1) is 12.3 Å². The first-order chi connectivity index (χ1) is 17.8. The van der Waals surface area contributed by atoms with E-state index in [1.54, 1.807) is 36.1 Å². The number of nitrogens with one attached hydrogen (secondary N) is 3. The number of rotatable bonds is 4. The third-order valence-electron chi connectivity index (χ3n) is 6.03. The molecule has 6 aromatic heterocycles. The van der Waals surface area contributed by atoms with Crippen molar-refractivity contribution in [1.82, 2.24) is 35.1 Å². The zero-order chi connectivity index (χ0) is 25.7. The minimum Gasteiger partial charge on any atom is -0.336 e. The SMILES string of the molecule is Cc1ccc(-c2nccc3[nH]c(-c4n[nH]c5ncc(-c6cncc(NC(=O)C(C)(C)C)c6)cc45)nc23)s1. The van der Waals surface area contributed by atoms with E-state index >= 15 is 0 Å². The Bertz CT molecular complexity index is 1790. The summed E-state index contributed by atoms with van der Waals surface area (Å²) in [6, 6.07) is 9.96. The van der Waals surface area contributed by atoms with Crippen LogP contribution in [0.25, 0.3) is 55.3 Å². The summed E-state index contributed by atoms with van der Waals surface area (Å²) < 4.78 is 0. The van der Waals surface area contributed by atoms with Gasteiger partial charge >= 0.3 is 0 Å². The number of carbonyl (C=O) groups excluding carboxylic acids is 1. The van der Waals surface area contributed by atoms with Gasteiger partial charge in [-0.1, -0.05) is 20.8 Å². The first kappa shape index (κ1) is 23.0. The number of hydrogen-bond donors (Lipinski definition) is 3. The maximum atomic E-state index is 12.4. The predicted molar refractivity (Wildman–Crippen MR) is 146 cm³/mol. The van der Waals surface area contributed by atoms with Gasteiger partial charge in [-0.15, -0.1) is 11.3 Å². The monoisotopic (exact) mass is 508 g/mol. The van der Waals surface area contributed by atoms with Crippen molar-refractivity contribution in [3.8, 4) is 33.2 Å². The molecular formula is C27H24N8OS. The fraction of sp³-hybridized carbons (Fsp3) is 0.185. The van der Waals surface area contributed by atoms with E-state index in [4.69, 9.17) is 4.98 Å². The molecule has 1 amide bonds. The predicted octanol–water partition coefficient (Wildman–Crippen LogP) is 5.98. The Hall–Kier alpha value is -4.44. The molecular weight excluding hydrogens is 484 g/mol. The molecule has 0 aliphatic rings. The fourth-order valence-electron chi connectivity index (χ4n) is 4.02. The minimum atomic E-state index is -0.507. The molecule has 0 spiro atoms. The molecule has 0 radical (unpaired) electrons. The molecule has 0 saturated carbocycles. The number of carbonyl (C=O) groups is 1. The van der Waals surface area contributed by atoms with Crippen LogP contribution in [-0.2, 0) is 4.79 Å². The first-order valence-electron chi connectivity index (χ1n) is 11.8. The highest BCUT2D eigenvalue weighted by Crippen LogP contribution is 2.34. The Morgan fingerprint density at radius 1 is 1.00 bits per heavy atom. The number of amides is 1. The van der Waals surface area contributed by atoms with Gasteiger partial charge in [0.2, 0.25) is 5.91 Å². The molecule has 0 unspecified atom stereocenters. The van der Waals surface area contributed by atoms with E-state index in [0.717, 1.165) is 38.1 Å². The quantitative estimate of drug-likeness (QED) is 0.269. The van der Waals surface area contributed by atoms with Gasteiger partial charge in [0, 0.05) is 40.0 Å². The van der Waals surface area contributed by atoms with E-state index in [1.807, 2.05) is 39.0 Å². The van der Waals surface area contributed by atoms with Crippen LogP contribution >= 0.6 is 11.3 Å². The summed E-state index contributed by atoms with van der Waals surface area (Å²) in [5.74, 6) is 0.556. The second kappa shape index (κ2) is 8.59. The lowest BCUT2D eigenvalue weighted by atomic mass is 9.95. The number of anilines is 1. The van der Waals surface area contributed by atoms with Gasteiger partial charge in [0.1, 0.15) is 16.9 Å². The van der Waals surface area contributed by atoms with Crippen LogP contribution in [-0.4, -0.2) is 41.0 Å². The van der Waals surface area contributed by atoms with E-state index in [-0.39, 0.29) is 5.91 Å². The summed E-state index contributed by atoms with van der Waals surface area (Å²) in [4.78, 5) is 36.5. The molecule has 10 heteroatoms. The van der Waals surface area contributed by atoms with Gasteiger partial charge in [-0.05, 0) is 37.3 Å². The average molecular weight is 509 g/mol. The van der Waals surface area contributed by atoms with Crippen molar-refractivity contribution in [3.05, 3.63) is 60.0 Å². The Balaban J connectivity index is 1.40. The van der Waals surface area contributed by atoms with Gasteiger partial charge in [0.15, 0.2) is 11.5 Å². The molecule has 0 atom stereocenters. The van der Waals surface area contributed by atoms with Crippen LogP contribution in [0.3, 0.4) is 0 Å². The molecule has 0 aromatic carbocycles. The molecule has 0 aliphatic heterocycles. The van der Waals surface area contributed by atoms with Crippen LogP contribution < -0.4 is 5.32 Å². The number of imidazole rings is 1. The van der Waals surface area contributed by atoms with Gasteiger partial charge in [-0.25, -0.2) is 9.97 Å². The molecule has 37 heavy (non-hydrogen) atoms. The van der Waals surface area contributed by atoms with E-state index in [2.05, 4.69) is 54.5 Å². The molecule has 3 N–H and O–H groups in total. The minimum absolute atomic E-state index is 0.0754. The lowest BCUT2D eigenvalue weighted by Gasteiger charge is -2.17. The molecule has 0 fully saturated rings. The van der Waals surface area contributed by atoms with Crippen LogP contribution in [0.4, 0.5) is 5.69 Å². The Labute approximate surface area is 216 Å². The fourth-order valence-corrected chi connectivity index (χ4v) is 4.88. The van der Waals surface area contributed by atoms with Crippen molar-refractivity contribution in [2.75, 3.05) is 5.32 Å². The van der Waals surface area contributed by atoms with Gasteiger partial charge in [-0.3, -0.25) is 19.9 Å². The number of H-pyrrole nitrogens is 2. The number of fused-ring (bicyclic) bond motifs is 2. The second-order valence-corrected chi connectivity index (χ2v) is 11.2. The van der Waals surface area contributed by atoms with Gasteiger partial charge in [0.25, 0.3) is 0 Å². The molecule has 6 heterocycles. The van der Waals surface area contributed by atoms with Crippen LogP contribution in [0.1, 0.15) is 25.6 Å². The summed E-state index contributed by atoms with van der Waals surface area (Å²) in [5.41, 5.74) is 5.65. The van der Waals surface area contributed by atoms with Gasteiger partial charge in [-0.2, -0.15) is 5.10 Å².